The summed E-state index contributed by atoms with van der Waals surface area (Å²) < 4.78 is 0. The summed E-state index contributed by atoms with van der Waals surface area (Å²) in [5.41, 5.74) is 0. The van der Waals surface area contributed by atoms with Crippen molar-refractivity contribution in [2.45, 2.75) is 46.5 Å². The molecule has 0 aromatic heterocycles. The molecule has 0 aromatic rings. The molecule has 1 fully saturated rings. The molecule has 1 amide bonds. The average Bonchev–Trinajstić information content (AvgIpc) is 2.47. The fourth-order valence-electron chi connectivity index (χ4n) is 2.99. The molecule has 2 unspecified atom stereocenters. The first kappa shape index (κ1) is 17.4. The molecule has 118 valence electrons. The Bertz CT molecular complexity index is 264. The predicted molar refractivity (Wildman–Crippen MR) is 84.8 cm³/mol. The summed E-state index contributed by atoms with van der Waals surface area (Å²) in [4.78, 5) is 14.4. The molecule has 0 saturated carbocycles. The van der Waals surface area contributed by atoms with E-state index in [1.54, 1.807) is 0 Å². The first-order valence-electron chi connectivity index (χ1n) is 8.37. The minimum absolute atomic E-state index is 0.218. The van der Waals surface area contributed by atoms with Gasteiger partial charge in [0, 0.05) is 19.5 Å². The number of hydrogen-bond acceptors (Lipinski definition) is 3. The van der Waals surface area contributed by atoms with E-state index in [0.29, 0.717) is 18.3 Å². The number of amides is 1. The highest BCUT2D eigenvalue weighted by atomic mass is 16.1. The van der Waals surface area contributed by atoms with Crippen molar-refractivity contribution in [3.8, 4) is 0 Å². The second kappa shape index (κ2) is 10.2. The van der Waals surface area contributed by atoms with Crippen LogP contribution in [0, 0.1) is 11.8 Å². The van der Waals surface area contributed by atoms with Gasteiger partial charge < -0.3 is 15.5 Å². The molecule has 1 rings (SSSR count). The summed E-state index contributed by atoms with van der Waals surface area (Å²) in [7, 11) is 0. The number of likely N-dealkylation sites (N-methyl/N-ethyl adjacent to an activating group) is 1. The van der Waals surface area contributed by atoms with Crippen molar-refractivity contribution in [2.24, 2.45) is 11.8 Å². The third kappa shape index (κ3) is 6.71. The lowest BCUT2D eigenvalue weighted by Crippen LogP contribution is -2.38. The summed E-state index contributed by atoms with van der Waals surface area (Å²) in [6.07, 6.45) is 4.36. The molecule has 0 bridgehead atoms. The lowest BCUT2D eigenvalue weighted by atomic mass is 9.85. The predicted octanol–water partition coefficient (Wildman–Crippen LogP) is 1.86. The van der Waals surface area contributed by atoms with E-state index in [1.165, 1.54) is 19.3 Å². The van der Waals surface area contributed by atoms with Crippen molar-refractivity contribution in [3.63, 3.8) is 0 Å². The number of hydrogen-bond donors (Lipinski definition) is 2. The van der Waals surface area contributed by atoms with Crippen LogP contribution in [0.2, 0.25) is 0 Å². The van der Waals surface area contributed by atoms with Crippen LogP contribution in [0.15, 0.2) is 0 Å². The molecular formula is C16H33N3O. The van der Waals surface area contributed by atoms with Gasteiger partial charge in [-0.15, -0.1) is 0 Å². The number of carbonyl (C=O) groups excluding carboxylic acids is 1. The topological polar surface area (TPSA) is 44.4 Å². The van der Waals surface area contributed by atoms with E-state index in [1.807, 2.05) is 0 Å². The number of nitrogens with zero attached hydrogens (tertiary/aromatic N) is 1. The molecule has 0 aliphatic carbocycles. The average molecular weight is 283 g/mol. The van der Waals surface area contributed by atoms with E-state index >= 15 is 0 Å². The summed E-state index contributed by atoms with van der Waals surface area (Å²) in [6, 6.07) is 0. The quantitative estimate of drug-likeness (QED) is 0.679. The minimum atomic E-state index is 0.218. The SMILES string of the molecule is CCCN(CC)CCNC(=O)CC(C)C1CCCNC1. The molecule has 2 N–H and O–H groups in total. The Morgan fingerprint density at radius 2 is 2.20 bits per heavy atom. The molecule has 20 heavy (non-hydrogen) atoms. The molecule has 1 aliphatic rings. The normalized spacial score (nSPS) is 20.9. The fraction of sp³-hybridized carbons (Fsp3) is 0.938. The Kier molecular flexibility index (Phi) is 8.86. The van der Waals surface area contributed by atoms with Crippen LogP contribution >= 0.6 is 0 Å². The van der Waals surface area contributed by atoms with Crippen LogP contribution in [0.25, 0.3) is 0 Å². The van der Waals surface area contributed by atoms with Gasteiger partial charge in [0.25, 0.3) is 0 Å². The highest BCUT2D eigenvalue weighted by Gasteiger charge is 2.21. The van der Waals surface area contributed by atoms with E-state index in [9.17, 15) is 4.79 Å². The van der Waals surface area contributed by atoms with Gasteiger partial charge in [0.2, 0.25) is 5.91 Å². The van der Waals surface area contributed by atoms with Gasteiger partial charge in [-0.05, 0) is 57.3 Å². The molecule has 0 aromatic carbocycles. The lowest BCUT2D eigenvalue weighted by molar-refractivity contribution is -0.122. The van der Waals surface area contributed by atoms with Crippen molar-refractivity contribution >= 4 is 5.91 Å². The van der Waals surface area contributed by atoms with Crippen LogP contribution in [-0.2, 0) is 4.79 Å². The first-order chi connectivity index (χ1) is 9.67. The van der Waals surface area contributed by atoms with Gasteiger partial charge in [-0.2, -0.15) is 0 Å². The van der Waals surface area contributed by atoms with Crippen molar-refractivity contribution in [3.05, 3.63) is 0 Å². The van der Waals surface area contributed by atoms with Crippen LogP contribution in [0.1, 0.15) is 46.5 Å². The largest absolute Gasteiger partial charge is 0.355 e. The van der Waals surface area contributed by atoms with Crippen LogP contribution < -0.4 is 10.6 Å². The third-order valence-electron chi connectivity index (χ3n) is 4.38. The summed E-state index contributed by atoms with van der Waals surface area (Å²) >= 11 is 0. The number of rotatable bonds is 9. The molecule has 1 saturated heterocycles. The maximum atomic E-state index is 12.0. The Balaban J connectivity index is 2.15. The summed E-state index contributed by atoms with van der Waals surface area (Å²) in [6.45, 7) is 12.7. The van der Waals surface area contributed by atoms with E-state index in [4.69, 9.17) is 0 Å². The number of piperidine rings is 1. The van der Waals surface area contributed by atoms with Crippen LogP contribution in [0.3, 0.4) is 0 Å². The Morgan fingerprint density at radius 1 is 1.40 bits per heavy atom. The van der Waals surface area contributed by atoms with Crippen LogP contribution in [0.5, 0.6) is 0 Å². The van der Waals surface area contributed by atoms with E-state index in [0.717, 1.165) is 39.3 Å². The smallest absolute Gasteiger partial charge is 0.220 e. The molecule has 1 heterocycles. The molecule has 4 nitrogen and oxygen atoms in total. The molecular weight excluding hydrogens is 250 g/mol. The highest BCUT2D eigenvalue weighted by Crippen LogP contribution is 2.22. The van der Waals surface area contributed by atoms with Crippen molar-refractivity contribution in [1.82, 2.24) is 15.5 Å². The molecule has 0 spiro atoms. The monoisotopic (exact) mass is 283 g/mol. The van der Waals surface area contributed by atoms with Crippen molar-refractivity contribution in [2.75, 3.05) is 39.3 Å². The zero-order valence-corrected chi connectivity index (χ0v) is 13.6. The van der Waals surface area contributed by atoms with Crippen molar-refractivity contribution < 1.29 is 4.79 Å². The maximum Gasteiger partial charge on any atom is 0.220 e. The summed E-state index contributed by atoms with van der Waals surface area (Å²) in [5.74, 6) is 1.37. The molecule has 4 heteroatoms. The van der Waals surface area contributed by atoms with Gasteiger partial charge in [-0.1, -0.05) is 20.8 Å². The van der Waals surface area contributed by atoms with Gasteiger partial charge in [-0.3, -0.25) is 4.79 Å². The number of carbonyl (C=O) groups is 1. The van der Waals surface area contributed by atoms with Gasteiger partial charge in [0.15, 0.2) is 0 Å². The Labute approximate surface area is 124 Å². The second-order valence-corrected chi connectivity index (χ2v) is 6.07. The Hall–Kier alpha value is -0.610. The van der Waals surface area contributed by atoms with E-state index in [2.05, 4.69) is 36.3 Å². The molecule has 0 radical (unpaired) electrons. The first-order valence-corrected chi connectivity index (χ1v) is 8.37. The number of nitrogens with one attached hydrogen (secondary N) is 2. The minimum Gasteiger partial charge on any atom is -0.355 e. The summed E-state index contributed by atoms with van der Waals surface area (Å²) in [5, 5.41) is 6.51. The molecule has 2 atom stereocenters. The van der Waals surface area contributed by atoms with Crippen LogP contribution in [0.4, 0.5) is 0 Å². The van der Waals surface area contributed by atoms with Gasteiger partial charge in [0.05, 0.1) is 0 Å². The van der Waals surface area contributed by atoms with Crippen LogP contribution in [-0.4, -0.2) is 50.1 Å². The van der Waals surface area contributed by atoms with E-state index in [-0.39, 0.29) is 5.91 Å². The maximum absolute atomic E-state index is 12.0. The fourth-order valence-corrected chi connectivity index (χ4v) is 2.99. The highest BCUT2D eigenvalue weighted by molar-refractivity contribution is 5.76. The van der Waals surface area contributed by atoms with E-state index < -0.39 is 0 Å². The Morgan fingerprint density at radius 3 is 2.80 bits per heavy atom. The standard InChI is InChI=1S/C16H33N3O/c1-4-10-19(5-2)11-9-18-16(20)12-14(3)15-7-6-8-17-13-15/h14-15,17H,4-13H2,1-3H3,(H,18,20). The zero-order valence-electron chi connectivity index (χ0n) is 13.6. The molecule has 1 aliphatic heterocycles. The lowest BCUT2D eigenvalue weighted by Gasteiger charge is -2.28. The second-order valence-electron chi connectivity index (χ2n) is 6.07. The zero-order chi connectivity index (χ0) is 14.8. The van der Waals surface area contributed by atoms with Gasteiger partial charge in [-0.25, -0.2) is 0 Å². The van der Waals surface area contributed by atoms with Crippen molar-refractivity contribution in [1.29, 1.82) is 0 Å². The van der Waals surface area contributed by atoms with Gasteiger partial charge in [0.1, 0.15) is 0 Å². The van der Waals surface area contributed by atoms with Gasteiger partial charge >= 0.3 is 0 Å². The third-order valence-corrected chi connectivity index (χ3v) is 4.38.